The van der Waals surface area contributed by atoms with Gasteiger partial charge in [0.15, 0.2) is 0 Å². The Hall–Kier alpha value is -3.57. The average molecular weight is 652 g/mol. The minimum absolute atomic E-state index is 0.0222. The molecule has 2 amide bonds. The van der Waals surface area contributed by atoms with Crippen LogP contribution < -0.4 is 9.62 Å². The lowest BCUT2D eigenvalue weighted by atomic mass is 10.1. The zero-order valence-electron chi connectivity index (χ0n) is 25.1. The van der Waals surface area contributed by atoms with Gasteiger partial charge in [0.1, 0.15) is 12.6 Å². The number of rotatable bonds is 13. The molecule has 12 heteroatoms. The second-order valence-electron chi connectivity index (χ2n) is 10.6. The van der Waals surface area contributed by atoms with E-state index in [0.29, 0.717) is 22.5 Å². The van der Waals surface area contributed by atoms with Gasteiger partial charge in [-0.1, -0.05) is 79.4 Å². The molecule has 0 aliphatic heterocycles. The molecule has 0 radical (unpaired) electrons. The minimum Gasteiger partial charge on any atom is -0.354 e. The summed E-state index contributed by atoms with van der Waals surface area (Å²) in [4.78, 5) is 28.4. The Labute approximate surface area is 262 Å². The summed E-state index contributed by atoms with van der Waals surface area (Å²) in [6, 6.07) is 14.8. The molecule has 3 rings (SSSR count). The average Bonchev–Trinajstić information content (AvgIpc) is 2.96. The van der Waals surface area contributed by atoms with Crippen LogP contribution in [0.15, 0.2) is 71.6 Å². The second kappa shape index (κ2) is 14.9. The third kappa shape index (κ3) is 8.75. The lowest BCUT2D eigenvalue weighted by molar-refractivity contribution is -0.140. The lowest BCUT2D eigenvalue weighted by Gasteiger charge is -2.33. The molecule has 1 atom stereocenters. The van der Waals surface area contributed by atoms with Crippen molar-refractivity contribution in [2.45, 2.75) is 70.6 Å². The number of nitrogens with one attached hydrogen (secondary N) is 1. The maximum atomic E-state index is 14.1. The lowest BCUT2D eigenvalue weighted by Crippen LogP contribution is -2.52. The van der Waals surface area contributed by atoms with Crippen molar-refractivity contribution >= 4 is 39.1 Å². The summed E-state index contributed by atoms with van der Waals surface area (Å²) in [7, 11) is -4.55. The number of amides is 2. The molecule has 0 aliphatic rings. The van der Waals surface area contributed by atoms with Crippen LogP contribution in [0.3, 0.4) is 0 Å². The Morgan fingerprint density at radius 1 is 0.932 bits per heavy atom. The maximum absolute atomic E-state index is 14.1. The Kier molecular flexibility index (Phi) is 11.9. The molecule has 0 saturated heterocycles. The molecule has 3 aromatic rings. The molecule has 238 valence electrons. The highest BCUT2D eigenvalue weighted by Crippen LogP contribution is 2.38. The van der Waals surface area contributed by atoms with Crippen molar-refractivity contribution < 1.29 is 31.2 Å². The fraction of sp³-hybridized carbons (Fsp3) is 0.375. The van der Waals surface area contributed by atoms with Crippen molar-refractivity contribution in [1.29, 1.82) is 0 Å². The van der Waals surface area contributed by atoms with E-state index in [2.05, 4.69) is 5.32 Å². The summed E-state index contributed by atoms with van der Waals surface area (Å²) < 4.78 is 70.0. The molecule has 7 nitrogen and oxygen atoms in total. The molecule has 0 saturated carbocycles. The molecule has 1 unspecified atom stereocenters. The third-order valence-corrected chi connectivity index (χ3v) is 9.24. The number of anilines is 1. The Balaban J connectivity index is 2.12. The van der Waals surface area contributed by atoms with E-state index in [0.717, 1.165) is 36.1 Å². The predicted octanol–water partition coefficient (Wildman–Crippen LogP) is 6.89. The number of sulfonamides is 1. The van der Waals surface area contributed by atoms with Crippen LogP contribution >= 0.6 is 11.6 Å². The quantitative estimate of drug-likeness (QED) is 0.204. The van der Waals surface area contributed by atoms with Gasteiger partial charge in [-0.05, 0) is 62.6 Å². The number of carbonyl (C=O) groups excluding carboxylic acids is 2. The van der Waals surface area contributed by atoms with Gasteiger partial charge in [0.25, 0.3) is 10.0 Å². The summed E-state index contributed by atoms with van der Waals surface area (Å²) in [5, 5.41) is 2.22. The van der Waals surface area contributed by atoms with E-state index in [4.69, 9.17) is 11.6 Å². The zero-order chi connectivity index (χ0) is 32.7. The van der Waals surface area contributed by atoms with E-state index in [1.54, 1.807) is 38.1 Å². The van der Waals surface area contributed by atoms with Gasteiger partial charge in [0.05, 0.1) is 21.2 Å². The predicted molar refractivity (Wildman–Crippen MR) is 166 cm³/mol. The van der Waals surface area contributed by atoms with Crippen LogP contribution in [0.4, 0.5) is 18.9 Å². The van der Waals surface area contributed by atoms with Crippen LogP contribution in [0.1, 0.15) is 55.4 Å². The number of benzene rings is 3. The van der Waals surface area contributed by atoms with E-state index >= 15 is 0 Å². The molecule has 0 bridgehead atoms. The van der Waals surface area contributed by atoms with Gasteiger partial charge >= 0.3 is 6.18 Å². The number of aryl methyl sites for hydroxylation is 2. The molecular formula is C32H37ClF3N3O4S. The van der Waals surface area contributed by atoms with Gasteiger partial charge in [0.2, 0.25) is 11.8 Å². The fourth-order valence-corrected chi connectivity index (χ4v) is 6.20. The first-order chi connectivity index (χ1) is 20.7. The first kappa shape index (κ1) is 34.9. The highest BCUT2D eigenvalue weighted by atomic mass is 35.5. The number of alkyl halides is 3. The molecule has 1 N–H and O–H groups in total. The summed E-state index contributed by atoms with van der Waals surface area (Å²) in [5.74, 6) is -1.16. The van der Waals surface area contributed by atoms with Gasteiger partial charge in [0, 0.05) is 13.1 Å². The van der Waals surface area contributed by atoms with Gasteiger partial charge in [-0.15, -0.1) is 0 Å². The normalized spacial score (nSPS) is 12.5. The highest BCUT2D eigenvalue weighted by Gasteiger charge is 2.37. The second-order valence-corrected chi connectivity index (χ2v) is 12.8. The van der Waals surface area contributed by atoms with E-state index in [9.17, 15) is 31.2 Å². The van der Waals surface area contributed by atoms with E-state index in [-0.39, 0.29) is 17.9 Å². The van der Waals surface area contributed by atoms with E-state index < -0.39 is 56.9 Å². The minimum atomic E-state index is -4.88. The van der Waals surface area contributed by atoms with Crippen LogP contribution in [-0.4, -0.2) is 44.3 Å². The molecule has 0 aliphatic carbocycles. The van der Waals surface area contributed by atoms with E-state index in [1.807, 2.05) is 26.0 Å². The number of hydrogen-bond acceptors (Lipinski definition) is 4. The largest absolute Gasteiger partial charge is 0.417 e. The standard InChI is InChI=1S/C32H37ClF3N3O4S/c1-5-7-18-37-31(41)29(6-2)38(20-24-12-8-22(3)9-13-24)30(40)21-39(44(42,43)26-15-10-23(4)11-16-26)25-14-17-28(33)27(19-25)32(34,35)36/h8-17,19,29H,5-7,18,20-21H2,1-4H3,(H,37,41). The SMILES string of the molecule is CCCCNC(=O)C(CC)N(Cc1ccc(C)cc1)C(=O)CN(c1ccc(Cl)c(C(F)(F)F)c1)S(=O)(=O)c1ccc(C)cc1. The molecule has 0 fully saturated rings. The number of unbranched alkanes of at least 4 members (excludes halogenated alkanes) is 1. The molecule has 3 aromatic carbocycles. The third-order valence-electron chi connectivity index (χ3n) is 7.12. The summed E-state index contributed by atoms with van der Waals surface area (Å²) in [6.45, 7) is 6.88. The molecular weight excluding hydrogens is 615 g/mol. The smallest absolute Gasteiger partial charge is 0.354 e. The summed E-state index contributed by atoms with van der Waals surface area (Å²) >= 11 is 5.83. The highest BCUT2D eigenvalue weighted by molar-refractivity contribution is 7.92. The molecule has 44 heavy (non-hydrogen) atoms. The van der Waals surface area contributed by atoms with Gasteiger partial charge in [-0.3, -0.25) is 13.9 Å². The fourth-order valence-electron chi connectivity index (χ4n) is 4.57. The Bertz CT molecular complexity index is 1550. The monoisotopic (exact) mass is 651 g/mol. The van der Waals surface area contributed by atoms with Crippen LogP contribution in [0.2, 0.25) is 5.02 Å². The number of nitrogens with zero attached hydrogens (tertiary/aromatic N) is 2. The first-order valence-electron chi connectivity index (χ1n) is 14.3. The summed E-state index contributed by atoms with van der Waals surface area (Å²) in [5.41, 5.74) is 0.802. The number of halogens is 4. The number of carbonyl (C=O) groups is 2. The van der Waals surface area contributed by atoms with Crippen molar-refractivity contribution in [1.82, 2.24) is 10.2 Å². The van der Waals surface area contributed by atoms with Crippen molar-refractivity contribution in [3.8, 4) is 0 Å². The van der Waals surface area contributed by atoms with Crippen molar-refractivity contribution in [3.63, 3.8) is 0 Å². The van der Waals surface area contributed by atoms with E-state index in [1.165, 1.54) is 17.0 Å². The van der Waals surface area contributed by atoms with Gasteiger partial charge < -0.3 is 10.2 Å². The molecule has 0 spiro atoms. The van der Waals surface area contributed by atoms with Crippen LogP contribution in [0.5, 0.6) is 0 Å². The van der Waals surface area contributed by atoms with Crippen molar-refractivity contribution in [3.05, 3.63) is 94.0 Å². The van der Waals surface area contributed by atoms with Crippen LogP contribution in [-0.2, 0) is 32.3 Å². The molecule has 0 heterocycles. The zero-order valence-corrected chi connectivity index (χ0v) is 26.7. The number of hydrogen-bond donors (Lipinski definition) is 1. The van der Waals surface area contributed by atoms with Crippen molar-refractivity contribution in [2.24, 2.45) is 0 Å². The van der Waals surface area contributed by atoms with Crippen LogP contribution in [0.25, 0.3) is 0 Å². The summed E-state index contributed by atoms with van der Waals surface area (Å²) in [6.07, 6.45) is -3.08. The first-order valence-corrected chi connectivity index (χ1v) is 16.1. The van der Waals surface area contributed by atoms with Gasteiger partial charge in [-0.2, -0.15) is 13.2 Å². The Morgan fingerprint density at radius 2 is 1.52 bits per heavy atom. The Morgan fingerprint density at radius 3 is 2.07 bits per heavy atom. The molecule has 0 aromatic heterocycles. The topological polar surface area (TPSA) is 86.8 Å². The van der Waals surface area contributed by atoms with Crippen molar-refractivity contribution in [2.75, 3.05) is 17.4 Å². The van der Waals surface area contributed by atoms with Crippen LogP contribution in [0, 0.1) is 13.8 Å². The van der Waals surface area contributed by atoms with Gasteiger partial charge in [-0.25, -0.2) is 8.42 Å². The maximum Gasteiger partial charge on any atom is 0.417 e.